The second kappa shape index (κ2) is 6.83. The Kier molecular flexibility index (Phi) is 6.09. The number of halogens is 1. The average Bonchev–Trinajstić information content (AvgIpc) is 2.74. The number of hydrogen-bond donors (Lipinski definition) is 1. The minimum absolute atomic E-state index is 0. The van der Waals surface area contributed by atoms with E-state index in [4.69, 9.17) is 0 Å². The van der Waals surface area contributed by atoms with Gasteiger partial charge in [-0.15, -0.1) is 12.4 Å². The van der Waals surface area contributed by atoms with E-state index in [0.29, 0.717) is 0 Å². The van der Waals surface area contributed by atoms with Crippen LogP contribution >= 0.6 is 12.4 Å². The Bertz CT molecular complexity index is 192. The molecule has 2 aliphatic rings. The summed E-state index contributed by atoms with van der Waals surface area (Å²) >= 11 is 0. The molecule has 3 heteroatoms. The predicted octanol–water partition coefficient (Wildman–Crippen LogP) is 2.53. The summed E-state index contributed by atoms with van der Waals surface area (Å²) in [5.74, 6) is 1.92. The van der Waals surface area contributed by atoms with Gasteiger partial charge in [0.1, 0.15) is 0 Å². The van der Waals surface area contributed by atoms with Gasteiger partial charge in [0, 0.05) is 19.1 Å². The SMILES string of the molecule is CC1CCCCC1CN(C)C1CCNC1.Cl. The molecule has 1 heterocycles. The highest BCUT2D eigenvalue weighted by Gasteiger charge is 2.26. The summed E-state index contributed by atoms with van der Waals surface area (Å²) in [6.07, 6.45) is 7.20. The van der Waals surface area contributed by atoms with E-state index >= 15 is 0 Å². The number of likely N-dealkylation sites (N-methyl/N-ethyl adjacent to an activating group) is 1. The largest absolute Gasteiger partial charge is 0.315 e. The van der Waals surface area contributed by atoms with Crippen LogP contribution in [0.3, 0.4) is 0 Å². The van der Waals surface area contributed by atoms with Gasteiger partial charge in [0.05, 0.1) is 0 Å². The number of rotatable bonds is 3. The topological polar surface area (TPSA) is 15.3 Å². The molecular weight excluding hydrogens is 220 g/mol. The molecule has 3 atom stereocenters. The minimum Gasteiger partial charge on any atom is -0.315 e. The molecule has 1 saturated carbocycles. The molecule has 0 aromatic carbocycles. The fraction of sp³-hybridized carbons (Fsp3) is 1.00. The van der Waals surface area contributed by atoms with Crippen molar-refractivity contribution in [2.24, 2.45) is 11.8 Å². The Hall–Kier alpha value is 0.210. The van der Waals surface area contributed by atoms with Crippen molar-refractivity contribution in [1.29, 1.82) is 0 Å². The van der Waals surface area contributed by atoms with Crippen LogP contribution in [0.5, 0.6) is 0 Å². The first kappa shape index (κ1) is 14.3. The smallest absolute Gasteiger partial charge is 0.0229 e. The van der Waals surface area contributed by atoms with Crippen molar-refractivity contribution in [1.82, 2.24) is 10.2 Å². The van der Waals surface area contributed by atoms with Gasteiger partial charge in [-0.2, -0.15) is 0 Å². The molecular formula is C13H27ClN2. The Balaban J connectivity index is 0.00000128. The van der Waals surface area contributed by atoms with Crippen LogP contribution in [-0.2, 0) is 0 Å². The zero-order chi connectivity index (χ0) is 10.7. The maximum atomic E-state index is 3.46. The quantitative estimate of drug-likeness (QED) is 0.824. The van der Waals surface area contributed by atoms with Crippen LogP contribution < -0.4 is 5.32 Å². The van der Waals surface area contributed by atoms with Gasteiger partial charge in [-0.25, -0.2) is 0 Å². The van der Waals surface area contributed by atoms with Gasteiger partial charge in [-0.1, -0.05) is 26.2 Å². The lowest BCUT2D eigenvalue weighted by atomic mass is 9.80. The lowest BCUT2D eigenvalue weighted by molar-refractivity contribution is 0.153. The molecule has 2 rings (SSSR count). The highest BCUT2D eigenvalue weighted by Crippen LogP contribution is 2.30. The third kappa shape index (κ3) is 3.61. The van der Waals surface area contributed by atoms with Gasteiger partial charge >= 0.3 is 0 Å². The van der Waals surface area contributed by atoms with Crippen LogP contribution in [0.4, 0.5) is 0 Å². The standard InChI is InChI=1S/C13H26N2.ClH/c1-11-5-3-4-6-12(11)10-15(2)13-7-8-14-9-13;/h11-14H,3-10H2,1-2H3;1H. The lowest BCUT2D eigenvalue weighted by Gasteiger charge is -2.34. The lowest BCUT2D eigenvalue weighted by Crippen LogP contribution is -2.39. The molecule has 1 aliphatic carbocycles. The maximum absolute atomic E-state index is 3.46. The van der Waals surface area contributed by atoms with Gasteiger partial charge in [-0.3, -0.25) is 0 Å². The predicted molar refractivity (Wildman–Crippen MR) is 72.3 cm³/mol. The molecule has 0 spiro atoms. The summed E-state index contributed by atoms with van der Waals surface area (Å²) in [7, 11) is 2.32. The van der Waals surface area contributed by atoms with E-state index in [1.807, 2.05) is 0 Å². The summed E-state index contributed by atoms with van der Waals surface area (Å²) < 4.78 is 0. The number of nitrogens with one attached hydrogen (secondary N) is 1. The summed E-state index contributed by atoms with van der Waals surface area (Å²) in [6.45, 7) is 6.20. The molecule has 0 bridgehead atoms. The first-order valence-corrected chi connectivity index (χ1v) is 6.68. The third-order valence-electron chi connectivity index (χ3n) is 4.47. The summed E-state index contributed by atoms with van der Waals surface area (Å²) in [6, 6.07) is 0.805. The molecule has 2 nitrogen and oxygen atoms in total. The molecule has 3 unspecified atom stereocenters. The van der Waals surface area contributed by atoms with E-state index in [1.54, 1.807) is 0 Å². The molecule has 2 fully saturated rings. The van der Waals surface area contributed by atoms with Crippen LogP contribution in [0.2, 0.25) is 0 Å². The van der Waals surface area contributed by atoms with Crippen molar-refractivity contribution in [2.45, 2.75) is 45.1 Å². The van der Waals surface area contributed by atoms with Gasteiger partial charge in [-0.05, 0) is 38.3 Å². The monoisotopic (exact) mass is 246 g/mol. The van der Waals surface area contributed by atoms with Crippen LogP contribution in [0.15, 0.2) is 0 Å². The highest BCUT2D eigenvalue weighted by atomic mass is 35.5. The Morgan fingerprint density at radius 3 is 2.56 bits per heavy atom. The maximum Gasteiger partial charge on any atom is 0.0229 e. The molecule has 0 aromatic rings. The fourth-order valence-corrected chi connectivity index (χ4v) is 3.20. The van der Waals surface area contributed by atoms with Crippen molar-refractivity contribution in [3.63, 3.8) is 0 Å². The van der Waals surface area contributed by atoms with Crippen LogP contribution in [0, 0.1) is 11.8 Å². The Labute approximate surface area is 107 Å². The molecule has 0 radical (unpaired) electrons. The molecule has 1 aliphatic heterocycles. The molecule has 1 N–H and O–H groups in total. The summed E-state index contributed by atoms with van der Waals surface area (Å²) in [4.78, 5) is 2.60. The average molecular weight is 247 g/mol. The van der Waals surface area contributed by atoms with Crippen LogP contribution in [-0.4, -0.2) is 37.6 Å². The second-order valence-electron chi connectivity index (χ2n) is 5.61. The van der Waals surface area contributed by atoms with E-state index < -0.39 is 0 Å². The zero-order valence-corrected chi connectivity index (χ0v) is 11.6. The van der Waals surface area contributed by atoms with Gasteiger partial charge in [0.15, 0.2) is 0 Å². The molecule has 0 amide bonds. The van der Waals surface area contributed by atoms with Crippen molar-refractivity contribution in [3.8, 4) is 0 Å². The first-order chi connectivity index (χ1) is 7.27. The minimum atomic E-state index is 0. The van der Waals surface area contributed by atoms with E-state index in [9.17, 15) is 0 Å². The van der Waals surface area contributed by atoms with E-state index in [0.717, 1.165) is 17.9 Å². The van der Waals surface area contributed by atoms with Crippen molar-refractivity contribution >= 4 is 12.4 Å². The molecule has 16 heavy (non-hydrogen) atoms. The molecule has 0 aromatic heterocycles. The van der Waals surface area contributed by atoms with Gasteiger partial charge in [0.25, 0.3) is 0 Å². The van der Waals surface area contributed by atoms with Crippen molar-refractivity contribution in [3.05, 3.63) is 0 Å². The summed E-state index contributed by atoms with van der Waals surface area (Å²) in [5, 5.41) is 3.46. The first-order valence-electron chi connectivity index (χ1n) is 6.68. The van der Waals surface area contributed by atoms with Crippen LogP contribution in [0.25, 0.3) is 0 Å². The van der Waals surface area contributed by atoms with Gasteiger partial charge in [0.2, 0.25) is 0 Å². The van der Waals surface area contributed by atoms with Crippen LogP contribution in [0.1, 0.15) is 39.0 Å². The third-order valence-corrected chi connectivity index (χ3v) is 4.47. The summed E-state index contributed by atoms with van der Waals surface area (Å²) in [5.41, 5.74) is 0. The fourth-order valence-electron chi connectivity index (χ4n) is 3.20. The normalized spacial score (nSPS) is 35.1. The van der Waals surface area contributed by atoms with E-state index in [1.165, 1.54) is 51.7 Å². The molecule has 96 valence electrons. The van der Waals surface area contributed by atoms with E-state index in [-0.39, 0.29) is 12.4 Å². The number of hydrogen-bond acceptors (Lipinski definition) is 2. The Morgan fingerprint density at radius 1 is 1.19 bits per heavy atom. The molecule has 1 saturated heterocycles. The highest BCUT2D eigenvalue weighted by molar-refractivity contribution is 5.85. The Morgan fingerprint density at radius 2 is 1.94 bits per heavy atom. The zero-order valence-electron chi connectivity index (χ0n) is 10.7. The van der Waals surface area contributed by atoms with E-state index in [2.05, 4.69) is 24.2 Å². The van der Waals surface area contributed by atoms with Crippen molar-refractivity contribution in [2.75, 3.05) is 26.7 Å². The van der Waals surface area contributed by atoms with Crippen molar-refractivity contribution < 1.29 is 0 Å². The van der Waals surface area contributed by atoms with Gasteiger partial charge < -0.3 is 10.2 Å². The number of nitrogens with zero attached hydrogens (tertiary/aromatic N) is 1. The second-order valence-corrected chi connectivity index (χ2v) is 5.61.